The van der Waals surface area contributed by atoms with Crippen LogP contribution in [-0.4, -0.2) is 18.7 Å². The molecule has 84 valence electrons. The lowest BCUT2D eigenvalue weighted by atomic mass is 10.1. The van der Waals surface area contributed by atoms with Crippen LogP contribution in [0.4, 0.5) is 0 Å². The van der Waals surface area contributed by atoms with Crippen LogP contribution >= 0.6 is 0 Å². The summed E-state index contributed by atoms with van der Waals surface area (Å²) >= 11 is 0. The minimum absolute atomic E-state index is 0.313. The Kier molecular flexibility index (Phi) is 3.51. The number of hydrogen-bond acceptors (Lipinski definition) is 4. The molecular weight excluding hydrogens is 206 g/mol. The van der Waals surface area contributed by atoms with Crippen molar-refractivity contribution in [3.8, 4) is 11.8 Å². The molecule has 1 aromatic carbocycles. The Morgan fingerprint density at radius 1 is 1.38 bits per heavy atom. The molecule has 1 aromatic rings. The molecule has 0 saturated carbocycles. The first-order valence-corrected chi connectivity index (χ1v) is 4.78. The summed E-state index contributed by atoms with van der Waals surface area (Å²) in [6.07, 6.45) is 0. The van der Waals surface area contributed by atoms with Crippen molar-refractivity contribution in [1.29, 1.82) is 5.26 Å². The predicted octanol–water partition coefficient (Wildman–Crippen LogP) is 2.15. The summed E-state index contributed by atoms with van der Waals surface area (Å²) in [5.41, 5.74) is -0.669. The average Bonchev–Trinajstić information content (AvgIpc) is 2.28. The number of para-hydroxylation sites is 1. The van der Waals surface area contributed by atoms with Gasteiger partial charge in [0.05, 0.1) is 7.11 Å². The second-order valence-electron chi connectivity index (χ2n) is 3.71. The Balaban J connectivity index is 3.06. The second kappa shape index (κ2) is 4.67. The predicted molar refractivity (Wildman–Crippen MR) is 58.1 cm³/mol. The van der Waals surface area contributed by atoms with Crippen molar-refractivity contribution in [2.24, 2.45) is 0 Å². The first kappa shape index (κ1) is 12.1. The quantitative estimate of drug-likeness (QED) is 0.731. The summed E-state index contributed by atoms with van der Waals surface area (Å²) in [6, 6.07) is 8.66. The third kappa shape index (κ3) is 2.74. The maximum absolute atomic E-state index is 11.4. The fraction of sp³-hybridized carbons (Fsp3) is 0.333. The van der Waals surface area contributed by atoms with E-state index in [9.17, 15) is 4.79 Å². The molecule has 0 spiro atoms. The highest BCUT2D eigenvalue weighted by Crippen LogP contribution is 2.23. The number of carbonyl (C=O) groups excluding carboxylic acids is 1. The number of carbonyl (C=O) groups is 1. The zero-order valence-corrected chi connectivity index (χ0v) is 9.48. The molecule has 0 N–H and O–H groups in total. The van der Waals surface area contributed by atoms with Gasteiger partial charge in [-0.25, -0.2) is 4.79 Å². The number of esters is 1. The van der Waals surface area contributed by atoms with Crippen molar-refractivity contribution in [2.75, 3.05) is 7.11 Å². The van der Waals surface area contributed by atoms with Gasteiger partial charge in [-0.1, -0.05) is 12.1 Å². The van der Waals surface area contributed by atoms with E-state index in [2.05, 4.69) is 4.74 Å². The molecular formula is C12H13NO3. The van der Waals surface area contributed by atoms with Crippen molar-refractivity contribution in [1.82, 2.24) is 0 Å². The van der Waals surface area contributed by atoms with Gasteiger partial charge in [0.15, 0.2) is 5.60 Å². The van der Waals surface area contributed by atoms with E-state index in [0.717, 1.165) is 0 Å². The second-order valence-corrected chi connectivity index (χ2v) is 3.71. The van der Waals surface area contributed by atoms with Crippen molar-refractivity contribution >= 4 is 5.97 Å². The molecule has 1 rings (SSSR count). The van der Waals surface area contributed by atoms with E-state index >= 15 is 0 Å². The van der Waals surface area contributed by atoms with Gasteiger partial charge in [-0.05, 0) is 26.0 Å². The summed E-state index contributed by atoms with van der Waals surface area (Å²) < 4.78 is 10.1. The highest BCUT2D eigenvalue weighted by atomic mass is 16.5. The molecule has 0 aliphatic rings. The first-order valence-electron chi connectivity index (χ1n) is 4.78. The molecule has 0 unspecified atom stereocenters. The smallest absolute Gasteiger partial charge is 0.341 e. The lowest BCUT2D eigenvalue weighted by molar-refractivity contribution is 0.0590. The minimum Gasteiger partial charge on any atom is -0.472 e. The topological polar surface area (TPSA) is 59.3 Å². The fourth-order valence-electron chi connectivity index (χ4n) is 1.13. The molecule has 16 heavy (non-hydrogen) atoms. The third-order valence-corrected chi connectivity index (χ3v) is 1.93. The fourth-order valence-corrected chi connectivity index (χ4v) is 1.13. The van der Waals surface area contributed by atoms with Crippen LogP contribution in [0.3, 0.4) is 0 Å². The van der Waals surface area contributed by atoms with Gasteiger partial charge < -0.3 is 9.47 Å². The van der Waals surface area contributed by atoms with Crippen molar-refractivity contribution < 1.29 is 14.3 Å². The molecule has 0 fully saturated rings. The van der Waals surface area contributed by atoms with E-state index in [1.165, 1.54) is 7.11 Å². The number of rotatable bonds is 3. The lowest BCUT2D eigenvalue weighted by Gasteiger charge is -2.19. The maximum atomic E-state index is 11.4. The summed E-state index contributed by atoms with van der Waals surface area (Å²) in [5, 5.41) is 8.85. The lowest BCUT2D eigenvalue weighted by Crippen LogP contribution is -2.26. The van der Waals surface area contributed by atoms with Gasteiger partial charge in [-0.3, -0.25) is 0 Å². The Hall–Kier alpha value is -2.02. The Morgan fingerprint density at radius 3 is 2.56 bits per heavy atom. The summed E-state index contributed by atoms with van der Waals surface area (Å²) in [4.78, 5) is 11.4. The highest BCUT2D eigenvalue weighted by Gasteiger charge is 2.22. The Bertz CT molecular complexity index is 432. The van der Waals surface area contributed by atoms with Crippen LogP contribution in [0.25, 0.3) is 0 Å². The Morgan fingerprint density at radius 2 is 2.00 bits per heavy atom. The largest absolute Gasteiger partial charge is 0.472 e. The average molecular weight is 219 g/mol. The van der Waals surface area contributed by atoms with Crippen LogP contribution in [0.15, 0.2) is 24.3 Å². The van der Waals surface area contributed by atoms with Crippen LogP contribution < -0.4 is 4.74 Å². The summed E-state index contributed by atoms with van der Waals surface area (Å²) in [6.45, 7) is 3.25. The molecule has 0 aliphatic heterocycles. The van der Waals surface area contributed by atoms with Crippen LogP contribution in [0.5, 0.6) is 5.75 Å². The normalized spacial score (nSPS) is 10.4. The minimum atomic E-state index is -0.982. The van der Waals surface area contributed by atoms with E-state index in [1.54, 1.807) is 38.1 Å². The van der Waals surface area contributed by atoms with Crippen LogP contribution in [0, 0.1) is 11.3 Å². The van der Waals surface area contributed by atoms with Gasteiger partial charge >= 0.3 is 5.97 Å². The number of benzene rings is 1. The number of nitrogens with zero attached hydrogens (tertiary/aromatic N) is 1. The molecule has 0 atom stereocenters. The standard InChI is InChI=1S/C12H13NO3/c1-12(2,8-13)16-10-7-5-4-6-9(10)11(14)15-3/h4-7H,1-3H3. The van der Waals surface area contributed by atoms with Crippen molar-refractivity contribution in [2.45, 2.75) is 19.4 Å². The van der Waals surface area contributed by atoms with Crippen molar-refractivity contribution in [3.05, 3.63) is 29.8 Å². The molecule has 0 aliphatic carbocycles. The molecule has 0 bridgehead atoms. The number of methoxy groups -OCH3 is 1. The van der Waals surface area contributed by atoms with Gasteiger partial charge in [0.2, 0.25) is 0 Å². The van der Waals surface area contributed by atoms with Crippen LogP contribution in [-0.2, 0) is 4.74 Å². The van der Waals surface area contributed by atoms with Gasteiger partial charge in [-0.2, -0.15) is 5.26 Å². The first-order chi connectivity index (χ1) is 7.50. The molecule has 0 amide bonds. The van der Waals surface area contributed by atoms with Crippen LogP contribution in [0.2, 0.25) is 0 Å². The molecule has 0 aromatic heterocycles. The highest BCUT2D eigenvalue weighted by molar-refractivity contribution is 5.92. The van der Waals surface area contributed by atoms with Gasteiger partial charge in [0, 0.05) is 0 Å². The van der Waals surface area contributed by atoms with E-state index in [0.29, 0.717) is 11.3 Å². The summed E-state index contributed by atoms with van der Waals surface area (Å²) in [7, 11) is 1.30. The van der Waals surface area contributed by atoms with Crippen LogP contribution in [0.1, 0.15) is 24.2 Å². The van der Waals surface area contributed by atoms with E-state index < -0.39 is 11.6 Å². The van der Waals surface area contributed by atoms with E-state index in [-0.39, 0.29) is 0 Å². The van der Waals surface area contributed by atoms with Gasteiger partial charge in [-0.15, -0.1) is 0 Å². The van der Waals surface area contributed by atoms with Gasteiger partial charge in [0.25, 0.3) is 0 Å². The monoisotopic (exact) mass is 219 g/mol. The molecule has 4 nitrogen and oxygen atoms in total. The maximum Gasteiger partial charge on any atom is 0.341 e. The molecule has 0 radical (unpaired) electrons. The zero-order chi connectivity index (χ0) is 12.2. The van der Waals surface area contributed by atoms with E-state index in [1.807, 2.05) is 6.07 Å². The van der Waals surface area contributed by atoms with E-state index in [4.69, 9.17) is 10.00 Å². The molecule has 4 heteroatoms. The molecule has 0 saturated heterocycles. The SMILES string of the molecule is COC(=O)c1ccccc1OC(C)(C)C#N. The summed E-state index contributed by atoms with van der Waals surface area (Å²) in [5.74, 6) is -0.134. The molecule has 0 heterocycles. The Labute approximate surface area is 94.4 Å². The third-order valence-electron chi connectivity index (χ3n) is 1.93. The zero-order valence-electron chi connectivity index (χ0n) is 9.48. The number of hydrogen-bond donors (Lipinski definition) is 0. The van der Waals surface area contributed by atoms with Crippen molar-refractivity contribution in [3.63, 3.8) is 0 Å². The number of nitriles is 1. The number of ether oxygens (including phenoxy) is 2. The van der Waals surface area contributed by atoms with Gasteiger partial charge in [0.1, 0.15) is 17.4 Å².